The standard InChI is InChI=1S/C29H24ClN3O5S/c1-39(36,37)33(20-22-7-13-25(30)14-8-22)26-15-11-23(12-16-26)28(34)32-31-19-21-9-17-27(18-10-21)38-29(35)24-5-3-2-4-6-24/h2-19H,20H2,1H3,(H,32,34)/b31-19-. The van der Waals surface area contributed by atoms with Gasteiger partial charge < -0.3 is 4.74 Å². The van der Waals surface area contributed by atoms with Gasteiger partial charge in [0.05, 0.1) is 30.3 Å². The maximum Gasteiger partial charge on any atom is 0.343 e. The molecule has 0 unspecified atom stereocenters. The van der Waals surface area contributed by atoms with E-state index in [2.05, 4.69) is 10.5 Å². The molecule has 0 spiro atoms. The Balaban J connectivity index is 1.35. The van der Waals surface area contributed by atoms with Gasteiger partial charge in [-0.2, -0.15) is 5.10 Å². The Labute approximate surface area is 231 Å². The number of carbonyl (C=O) groups is 2. The summed E-state index contributed by atoms with van der Waals surface area (Å²) in [5.41, 5.74) is 5.06. The highest BCUT2D eigenvalue weighted by Gasteiger charge is 2.18. The van der Waals surface area contributed by atoms with E-state index in [1.165, 1.54) is 22.7 Å². The molecule has 0 fully saturated rings. The van der Waals surface area contributed by atoms with Crippen LogP contribution in [-0.4, -0.2) is 32.8 Å². The number of anilines is 1. The number of ether oxygens (including phenoxy) is 1. The van der Waals surface area contributed by atoms with Gasteiger partial charge in [-0.1, -0.05) is 41.9 Å². The predicted molar refractivity (Wildman–Crippen MR) is 152 cm³/mol. The summed E-state index contributed by atoms with van der Waals surface area (Å²) < 4.78 is 31.4. The van der Waals surface area contributed by atoms with Crippen molar-refractivity contribution in [3.05, 3.63) is 130 Å². The molecular weight excluding hydrogens is 538 g/mol. The summed E-state index contributed by atoms with van der Waals surface area (Å²) in [4.78, 5) is 24.7. The molecule has 0 bridgehead atoms. The van der Waals surface area contributed by atoms with Gasteiger partial charge in [-0.05, 0) is 83.9 Å². The molecular formula is C29H24ClN3O5S. The molecule has 4 aromatic carbocycles. The van der Waals surface area contributed by atoms with Gasteiger partial charge in [0.25, 0.3) is 5.91 Å². The highest BCUT2D eigenvalue weighted by Crippen LogP contribution is 2.22. The van der Waals surface area contributed by atoms with Crippen molar-refractivity contribution in [2.75, 3.05) is 10.6 Å². The van der Waals surface area contributed by atoms with Crippen LogP contribution in [-0.2, 0) is 16.6 Å². The van der Waals surface area contributed by atoms with E-state index in [0.717, 1.165) is 11.8 Å². The first-order valence-corrected chi connectivity index (χ1v) is 13.9. The third-order valence-electron chi connectivity index (χ3n) is 5.54. The number of hydrogen-bond acceptors (Lipinski definition) is 6. The SMILES string of the molecule is CS(=O)(=O)N(Cc1ccc(Cl)cc1)c1ccc(C(=O)N/N=C\c2ccc(OC(=O)c3ccccc3)cc2)cc1. The molecule has 10 heteroatoms. The molecule has 1 N–H and O–H groups in total. The molecule has 0 aromatic heterocycles. The van der Waals surface area contributed by atoms with E-state index in [0.29, 0.717) is 33.1 Å². The average molecular weight is 562 g/mol. The largest absolute Gasteiger partial charge is 0.423 e. The zero-order valence-electron chi connectivity index (χ0n) is 20.8. The van der Waals surface area contributed by atoms with Crippen LogP contribution < -0.4 is 14.5 Å². The number of hydrogen-bond donors (Lipinski definition) is 1. The normalized spacial score (nSPS) is 11.2. The van der Waals surface area contributed by atoms with Crippen LogP contribution in [0.1, 0.15) is 31.8 Å². The van der Waals surface area contributed by atoms with E-state index in [4.69, 9.17) is 16.3 Å². The molecule has 0 radical (unpaired) electrons. The van der Waals surface area contributed by atoms with Crippen molar-refractivity contribution in [1.29, 1.82) is 0 Å². The van der Waals surface area contributed by atoms with Crippen LogP contribution in [0.4, 0.5) is 5.69 Å². The van der Waals surface area contributed by atoms with E-state index in [1.54, 1.807) is 84.9 Å². The van der Waals surface area contributed by atoms with Crippen LogP contribution in [0.5, 0.6) is 5.75 Å². The smallest absolute Gasteiger partial charge is 0.343 e. The van der Waals surface area contributed by atoms with Crippen LogP contribution in [0.15, 0.2) is 108 Å². The molecule has 0 saturated carbocycles. The van der Waals surface area contributed by atoms with Gasteiger partial charge in [-0.25, -0.2) is 18.6 Å². The number of nitrogens with one attached hydrogen (secondary N) is 1. The molecule has 39 heavy (non-hydrogen) atoms. The zero-order chi connectivity index (χ0) is 27.8. The summed E-state index contributed by atoms with van der Waals surface area (Å²) in [6.07, 6.45) is 2.57. The lowest BCUT2D eigenvalue weighted by atomic mass is 10.2. The van der Waals surface area contributed by atoms with E-state index in [1.807, 2.05) is 6.07 Å². The predicted octanol–water partition coefficient (Wildman–Crippen LogP) is 5.29. The number of benzene rings is 4. The Morgan fingerprint density at radius 1 is 0.872 bits per heavy atom. The fraction of sp³-hybridized carbons (Fsp3) is 0.0690. The van der Waals surface area contributed by atoms with Crippen molar-refractivity contribution >= 4 is 45.4 Å². The quantitative estimate of drug-likeness (QED) is 0.129. The molecule has 0 saturated heterocycles. The first-order chi connectivity index (χ1) is 18.7. The number of hydrazone groups is 1. The Morgan fingerprint density at radius 3 is 2.13 bits per heavy atom. The number of nitrogens with zero attached hydrogens (tertiary/aromatic N) is 2. The second kappa shape index (κ2) is 12.4. The van der Waals surface area contributed by atoms with Crippen LogP contribution in [0.3, 0.4) is 0 Å². The lowest BCUT2D eigenvalue weighted by Crippen LogP contribution is -2.29. The molecule has 4 aromatic rings. The van der Waals surface area contributed by atoms with E-state index in [9.17, 15) is 18.0 Å². The monoisotopic (exact) mass is 561 g/mol. The Morgan fingerprint density at radius 2 is 1.51 bits per heavy atom. The molecule has 4 rings (SSSR count). The maximum atomic E-state index is 12.5. The molecule has 0 heterocycles. The first kappa shape index (κ1) is 27.6. The average Bonchev–Trinajstić information content (AvgIpc) is 2.93. The summed E-state index contributed by atoms with van der Waals surface area (Å²) >= 11 is 5.92. The Bertz CT molecular complexity index is 1570. The zero-order valence-corrected chi connectivity index (χ0v) is 22.4. The highest BCUT2D eigenvalue weighted by molar-refractivity contribution is 7.92. The molecule has 0 aliphatic carbocycles. The summed E-state index contributed by atoms with van der Waals surface area (Å²) in [5.74, 6) is -0.543. The summed E-state index contributed by atoms with van der Waals surface area (Å²) in [6, 6.07) is 28.4. The number of rotatable bonds is 9. The van der Waals surface area contributed by atoms with E-state index in [-0.39, 0.29) is 6.54 Å². The van der Waals surface area contributed by atoms with Crippen molar-refractivity contribution in [2.24, 2.45) is 5.10 Å². The minimum Gasteiger partial charge on any atom is -0.423 e. The van der Waals surface area contributed by atoms with E-state index >= 15 is 0 Å². The molecule has 1 amide bonds. The number of carbonyl (C=O) groups excluding carboxylic acids is 2. The van der Waals surface area contributed by atoms with Crippen LogP contribution in [0, 0.1) is 0 Å². The van der Waals surface area contributed by atoms with Crippen molar-refractivity contribution in [2.45, 2.75) is 6.54 Å². The number of amides is 1. The van der Waals surface area contributed by atoms with Crippen molar-refractivity contribution in [1.82, 2.24) is 5.43 Å². The highest BCUT2D eigenvalue weighted by atomic mass is 35.5. The third kappa shape index (κ3) is 7.76. The van der Waals surface area contributed by atoms with Gasteiger partial charge in [-0.3, -0.25) is 9.10 Å². The van der Waals surface area contributed by atoms with Gasteiger partial charge in [0.2, 0.25) is 10.0 Å². The van der Waals surface area contributed by atoms with E-state index < -0.39 is 21.9 Å². The van der Waals surface area contributed by atoms with Gasteiger partial charge in [0.1, 0.15) is 5.75 Å². The van der Waals surface area contributed by atoms with Gasteiger partial charge in [0, 0.05) is 10.6 Å². The lowest BCUT2D eigenvalue weighted by Gasteiger charge is -2.22. The number of halogens is 1. The lowest BCUT2D eigenvalue weighted by molar-refractivity contribution is 0.0734. The fourth-order valence-corrected chi connectivity index (χ4v) is 4.54. The fourth-order valence-electron chi connectivity index (χ4n) is 3.53. The third-order valence-corrected chi connectivity index (χ3v) is 6.93. The summed E-state index contributed by atoms with van der Waals surface area (Å²) in [5, 5.41) is 4.53. The Kier molecular flexibility index (Phi) is 8.75. The van der Waals surface area contributed by atoms with Crippen molar-refractivity contribution in [3.8, 4) is 5.75 Å². The Hall–Kier alpha value is -4.47. The minimum absolute atomic E-state index is 0.121. The topological polar surface area (TPSA) is 105 Å². The molecule has 8 nitrogen and oxygen atoms in total. The minimum atomic E-state index is -3.58. The van der Waals surface area contributed by atoms with Crippen LogP contribution in [0.2, 0.25) is 5.02 Å². The maximum absolute atomic E-state index is 12.5. The second-order valence-corrected chi connectivity index (χ2v) is 10.8. The summed E-state index contributed by atoms with van der Waals surface area (Å²) in [7, 11) is -3.58. The van der Waals surface area contributed by atoms with Gasteiger partial charge in [0.15, 0.2) is 0 Å². The van der Waals surface area contributed by atoms with Gasteiger partial charge in [-0.15, -0.1) is 0 Å². The number of sulfonamides is 1. The molecule has 0 aliphatic rings. The second-order valence-electron chi connectivity index (χ2n) is 8.47. The number of esters is 1. The first-order valence-electron chi connectivity index (χ1n) is 11.7. The van der Waals surface area contributed by atoms with Gasteiger partial charge >= 0.3 is 5.97 Å². The molecule has 0 aliphatic heterocycles. The molecule has 198 valence electrons. The van der Waals surface area contributed by atoms with Crippen molar-refractivity contribution < 1.29 is 22.7 Å². The summed E-state index contributed by atoms with van der Waals surface area (Å²) in [6.45, 7) is 0.121. The van der Waals surface area contributed by atoms with Crippen molar-refractivity contribution in [3.63, 3.8) is 0 Å². The molecule has 0 atom stereocenters. The van der Waals surface area contributed by atoms with Crippen LogP contribution >= 0.6 is 11.6 Å². The van der Waals surface area contributed by atoms with Crippen LogP contribution in [0.25, 0.3) is 0 Å².